The van der Waals surface area contributed by atoms with Crippen LogP contribution in [-0.2, 0) is 11.2 Å². The lowest BCUT2D eigenvalue weighted by Crippen LogP contribution is -2.15. The minimum atomic E-state index is 0. The second-order valence-corrected chi connectivity index (χ2v) is 3.65. The molecule has 2 N–H and O–H groups in total. The molecule has 0 atom stereocenters. The normalized spacial score (nSPS) is 9.29. The number of hydrogen-bond donors (Lipinski definition) is 1. The second-order valence-electron chi connectivity index (χ2n) is 2.77. The average Bonchev–Trinajstić information content (AvgIpc) is 2.18. The predicted octanol–water partition coefficient (Wildman–Crippen LogP) is 1.90. The molecule has 0 aliphatic heterocycles. The number of carbonyl (C=O) groups is 1. The van der Waals surface area contributed by atoms with Crippen molar-refractivity contribution in [3.05, 3.63) is 29.8 Å². The Morgan fingerprint density at radius 2 is 2.21 bits per heavy atom. The van der Waals surface area contributed by atoms with Crippen molar-refractivity contribution in [1.82, 2.24) is 0 Å². The van der Waals surface area contributed by atoms with Crippen LogP contribution in [0, 0.1) is 0 Å². The number of Topliss-reactive ketones (excluding diaryl/α,β-unsaturated/α-hetero) is 1. The number of ketones is 1. The fourth-order valence-corrected chi connectivity index (χ4v) is 1.57. The Kier molecular flexibility index (Phi) is 6.62. The van der Waals surface area contributed by atoms with Crippen molar-refractivity contribution in [1.29, 1.82) is 0 Å². The van der Waals surface area contributed by atoms with E-state index < -0.39 is 0 Å². The lowest BCUT2D eigenvalue weighted by Gasteiger charge is -2.01. The first-order chi connectivity index (χ1) is 6.26. The molecule has 0 aromatic heterocycles. The van der Waals surface area contributed by atoms with E-state index in [0.717, 1.165) is 5.56 Å². The van der Waals surface area contributed by atoms with Crippen LogP contribution in [0.5, 0.6) is 0 Å². The summed E-state index contributed by atoms with van der Waals surface area (Å²) < 4.78 is 0. The van der Waals surface area contributed by atoms with Crippen LogP contribution >= 0.6 is 24.2 Å². The number of carbonyl (C=O) groups excluding carboxylic acids is 1. The monoisotopic (exact) mass is 231 g/mol. The fraction of sp³-hybridized carbons (Fsp3) is 0.300. The highest BCUT2D eigenvalue weighted by molar-refractivity contribution is 7.98. The topological polar surface area (TPSA) is 43.1 Å². The van der Waals surface area contributed by atoms with Gasteiger partial charge in [0.05, 0.1) is 6.54 Å². The van der Waals surface area contributed by atoms with Crippen LogP contribution in [0.15, 0.2) is 29.2 Å². The van der Waals surface area contributed by atoms with Crippen molar-refractivity contribution in [3.8, 4) is 0 Å². The van der Waals surface area contributed by atoms with Gasteiger partial charge >= 0.3 is 0 Å². The van der Waals surface area contributed by atoms with E-state index in [-0.39, 0.29) is 24.7 Å². The van der Waals surface area contributed by atoms with Gasteiger partial charge in [-0.2, -0.15) is 0 Å². The lowest BCUT2D eigenvalue weighted by molar-refractivity contribution is -0.117. The summed E-state index contributed by atoms with van der Waals surface area (Å²) >= 11 is 1.68. The van der Waals surface area contributed by atoms with Gasteiger partial charge in [0.2, 0.25) is 0 Å². The molecule has 0 fully saturated rings. The van der Waals surface area contributed by atoms with Crippen molar-refractivity contribution in [3.63, 3.8) is 0 Å². The molecule has 1 aromatic rings. The zero-order valence-corrected chi connectivity index (χ0v) is 9.66. The van der Waals surface area contributed by atoms with E-state index in [1.54, 1.807) is 11.8 Å². The number of halogens is 1. The summed E-state index contributed by atoms with van der Waals surface area (Å²) in [5, 5.41) is 0. The average molecular weight is 232 g/mol. The van der Waals surface area contributed by atoms with Crippen LogP contribution < -0.4 is 5.73 Å². The molecular weight excluding hydrogens is 218 g/mol. The number of rotatable bonds is 4. The highest BCUT2D eigenvalue weighted by atomic mass is 35.5. The molecule has 2 nitrogen and oxygen atoms in total. The predicted molar refractivity (Wildman–Crippen MR) is 63.2 cm³/mol. The summed E-state index contributed by atoms with van der Waals surface area (Å²) in [6, 6.07) is 7.97. The van der Waals surface area contributed by atoms with Crippen LogP contribution in [0.3, 0.4) is 0 Å². The lowest BCUT2D eigenvalue weighted by atomic mass is 10.1. The molecule has 0 saturated heterocycles. The minimum Gasteiger partial charge on any atom is -0.324 e. The van der Waals surface area contributed by atoms with Gasteiger partial charge in [-0.1, -0.05) is 12.1 Å². The van der Waals surface area contributed by atoms with E-state index in [4.69, 9.17) is 5.73 Å². The molecule has 0 aliphatic rings. The van der Waals surface area contributed by atoms with E-state index in [1.807, 2.05) is 30.5 Å². The molecule has 0 spiro atoms. The molecule has 0 saturated carbocycles. The standard InChI is InChI=1S/C10H13NOS.ClH/c1-13-10-4-2-3-8(6-10)5-9(12)7-11;/h2-4,6H,5,7,11H2,1H3;1H. The quantitative estimate of drug-likeness (QED) is 0.805. The molecule has 0 amide bonds. The highest BCUT2D eigenvalue weighted by Gasteiger charge is 2.01. The second kappa shape index (κ2) is 6.87. The number of thioether (sulfide) groups is 1. The smallest absolute Gasteiger partial charge is 0.150 e. The Labute approximate surface area is 94.7 Å². The fourth-order valence-electron chi connectivity index (χ4n) is 1.08. The van der Waals surface area contributed by atoms with Gasteiger partial charge in [0, 0.05) is 11.3 Å². The van der Waals surface area contributed by atoms with Gasteiger partial charge in [-0.3, -0.25) is 4.79 Å². The summed E-state index contributed by atoms with van der Waals surface area (Å²) in [4.78, 5) is 12.2. The van der Waals surface area contributed by atoms with Gasteiger partial charge < -0.3 is 5.73 Å². The summed E-state index contributed by atoms with van der Waals surface area (Å²) in [6.45, 7) is 0.128. The third-order valence-electron chi connectivity index (χ3n) is 1.76. The Hall–Kier alpha value is -0.510. The maximum atomic E-state index is 11.0. The molecule has 0 aliphatic carbocycles. The van der Waals surface area contributed by atoms with Gasteiger partial charge in [0.25, 0.3) is 0 Å². The Morgan fingerprint density at radius 3 is 2.79 bits per heavy atom. The van der Waals surface area contributed by atoms with E-state index in [2.05, 4.69) is 0 Å². The zero-order chi connectivity index (χ0) is 9.68. The highest BCUT2D eigenvalue weighted by Crippen LogP contribution is 2.15. The van der Waals surface area contributed by atoms with Crippen LogP contribution in [0.1, 0.15) is 5.56 Å². The Bertz CT molecular complexity index is 304. The van der Waals surface area contributed by atoms with E-state index in [1.165, 1.54) is 4.90 Å². The third-order valence-corrected chi connectivity index (χ3v) is 2.49. The Balaban J connectivity index is 0.00000169. The molecule has 4 heteroatoms. The molecule has 14 heavy (non-hydrogen) atoms. The summed E-state index contributed by atoms with van der Waals surface area (Å²) in [5.74, 6) is 0.0817. The van der Waals surface area contributed by atoms with Gasteiger partial charge in [-0.05, 0) is 24.0 Å². The van der Waals surface area contributed by atoms with Crippen LogP contribution in [0.2, 0.25) is 0 Å². The molecule has 0 radical (unpaired) electrons. The molecule has 0 bridgehead atoms. The van der Waals surface area contributed by atoms with E-state index in [0.29, 0.717) is 6.42 Å². The number of benzene rings is 1. The van der Waals surface area contributed by atoms with Gasteiger partial charge in [-0.25, -0.2) is 0 Å². The first-order valence-electron chi connectivity index (χ1n) is 4.11. The summed E-state index contributed by atoms with van der Waals surface area (Å²) in [7, 11) is 0. The van der Waals surface area contributed by atoms with E-state index in [9.17, 15) is 4.79 Å². The van der Waals surface area contributed by atoms with Crippen molar-refractivity contribution in [2.75, 3.05) is 12.8 Å². The summed E-state index contributed by atoms with van der Waals surface area (Å²) in [5.41, 5.74) is 6.28. The van der Waals surface area contributed by atoms with Gasteiger partial charge in [0.15, 0.2) is 5.78 Å². The SMILES string of the molecule is CSc1cccc(CC(=O)CN)c1.Cl. The number of hydrogen-bond acceptors (Lipinski definition) is 3. The Morgan fingerprint density at radius 1 is 1.50 bits per heavy atom. The molecule has 1 aromatic carbocycles. The number of nitrogens with two attached hydrogens (primary N) is 1. The summed E-state index contributed by atoms with van der Waals surface area (Å²) in [6.07, 6.45) is 2.47. The molecule has 0 heterocycles. The van der Waals surface area contributed by atoms with Crippen molar-refractivity contribution < 1.29 is 4.79 Å². The molecular formula is C10H14ClNOS. The van der Waals surface area contributed by atoms with Crippen molar-refractivity contribution in [2.45, 2.75) is 11.3 Å². The van der Waals surface area contributed by atoms with Gasteiger partial charge in [-0.15, -0.1) is 24.2 Å². The first kappa shape index (κ1) is 13.5. The van der Waals surface area contributed by atoms with Crippen LogP contribution in [0.25, 0.3) is 0 Å². The van der Waals surface area contributed by atoms with Gasteiger partial charge in [0.1, 0.15) is 0 Å². The van der Waals surface area contributed by atoms with Crippen LogP contribution in [-0.4, -0.2) is 18.6 Å². The largest absolute Gasteiger partial charge is 0.324 e. The zero-order valence-electron chi connectivity index (χ0n) is 8.03. The van der Waals surface area contributed by atoms with Crippen molar-refractivity contribution >= 4 is 30.0 Å². The van der Waals surface area contributed by atoms with Crippen LogP contribution in [0.4, 0.5) is 0 Å². The third kappa shape index (κ3) is 4.13. The maximum Gasteiger partial charge on any atom is 0.150 e. The minimum absolute atomic E-state index is 0. The molecule has 78 valence electrons. The van der Waals surface area contributed by atoms with E-state index >= 15 is 0 Å². The van der Waals surface area contributed by atoms with Crippen molar-refractivity contribution in [2.24, 2.45) is 5.73 Å². The molecule has 1 rings (SSSR count). The first-order valence-corrected chi connectivity index (χ1v) is 5.33. The maximum absolute atomic E-state index is 11.0. The molecule has 0 unspecified atom stereocenters.